The summed E-state index contributed by atoms with van der Waals surface area (Å²) in [5.41, 5.74) is -7.12. The molecule has 0 radical (unpaired) electrons. The van der Waals surface area contributed by atoms with Crippen LogP contribution >= 0.6 is 0 Å². The number of carbonyl (C=O) groups excluding carboxylic acids is 2. The van der Waals surface area contributed by atoms with E-state index in [1.807, 2.05) is 13.8 Å². The quantitative estimate of drug-likeness (QED) is 0.361. The second-order valence-electron chi connectivity index (χ2n) is 13.1. The zero-order chi connectivity index (χ0) is 27.6. The summed E-state index contributed by atoms with van der Waals surface area (Å²) in [5, 5.41) is 35.7. The van der Waals surface area contributed by atoms with Gasteiger partial charge in [-0.3, -0.25) is 9.59 Å². The highest BCUT2D eigenvalue weighted by Gasteiger charge is 2.81. The first-order chi connectivity index (χ1) is 17.1. The van der Waals surface area contributed by atoms with Crippen molar-refractivity contribution in [2.75, 3.05) is 39.8 Å². The van der Waals surface area contributed by atoms with Crippen molar-refractivity contribution in [3.63, 3.8) is 0 Å². The molecule has 9 nitrogen and oxygen atoms in total. The molecule has 8 atom stereocenters. The SMILES string of the molecule is C=C[C@@]1(C)CC(=O)[C@]2(O)C3(C)C(C(O)C(OC(=O)CCN4CCN(C)CC4)[C@@]2(C)O1)C(C)(C)CC[C@@H]3O. The number of hydrogen-bond acceptors (Lipinski definition) is 9. The molecule has 0 amide bonds. The molecular weight excluding hydrogens is 476 g/mol. The fourth-order valence-corrected chi connectivity index (χ4v) is 8.00. The summed E-state index contributed by atoms with van der Waals surface area (Å²) in [6, 6.07) is 0. The Morgan fingerprint density at radius 1 is 1.16 bits per heavy atom. The lowest BCUT2D eigenvalue weighted by atomic mass is 9.40. The van der Waals surface area contributed by atoms with Crippen LogP contribution in [-0.4, -0.2) is 112 Å². The van der Waals surface area contributed by atoms with Gasteiger partial charge in [-0.05, 0) is 39.2 Å². The van der Waals surface area contributed by atoms with Crippen molar-refractivity contribution in [2.45, 2.75) is 95.4 Å². The topological polar surface area (TPSA) is 120 Å². The van der Waals surface area contributed by atoms with E-state index in [4.69, 9.17) is 9.47 Å². The molecule has 0 spiro atoms. The molecular formula is C28H46N2O7. The number of ketones is 1. The van der Waals surface area contributed by atoms with Gasteiger partial charge in [-0.25, -0.2) is 0 Å². The summed E-state index contributed by atoms with van der Waals surface area (Å²) in [6.45, 7) is 16.7. The van der Waals surface area contributed by atoms with E-state index in [2.05, 4.69) is 23.4 Å². The van der Waals surface area contributed by atoms with Crippen molar-refractivity contribution in [1.82, 2.24) is 9.80 Å². The molecule has 4 aliphatic rings. The molecule has 0 aromatic heterocycles. The molecule has 2 saturated carbocycles. The van der Waals surface area contributed by atoms with Crippen LogP contribution in [0, 0.1) is 16.7 Å². The molecule has 2 aliphatic carbocycles. The standard InChI is InChI=1S/C28H46N2O7/c1-8-25(4)17-19(32)28(35)26(5)18(31)9-11-24(2,3)22(26)21(34)23(27(28,6)37-25)36-20(33)10-12-30-15-13-29(7)14-16-30/h8,18,21-23,31,34-35H,1,9-17H2,2-7H3/t18-,21?,22?,23?,25-,26?,27+,28-/m0/s1. The Labute approximate surface area is 220 Å². The highest BCUT2D eigenvalue weighted by Crippen LogP contribution is 2.67. The minimum Gasteiger partial charge on any atom is -0.456 e. The van der Waals surface area contributed by atoms with Gasteiger partial charge in [-0.2, -0.15) is 0 Å². The number of carbonyl (C=O) groups is 2. The van der Waals surface area contributed by atoms with E-state index in [0.29, 0.717) is 19.4 Å². The lowest BCUT2D eigenvalue weighted by molar-refractivity contribution is -0.370. The van der Waals surface area contributed by atoms with Gasteiger partial charge in [0.1, 0.15) is 5.60 Å². The van der Waals surface area contributed by atoms with E-state index in [9.17, 15) is 24.9 Å². The van der Waals surface area contributed by atoms with E-state index < -0.39 is 63.6 Å². The maximum Gasteiger partial charge on any atom is 0.307 e. The summed E-state index contributed by atoms with van der Waals surface area (Å²) in [6.07, 6.45) is -1.21. The Balaban J connectivity index is 1.71. The number of nitrogens with zero attached hydrogens (tertiary/aromatic N) is 2. The van der Waals surface area contributed by atoms with E-state index in [-0.39, 0.29) is 12.8 Å². The Bertz CT molecular complexity index is 933. The first-order valence-electron chi connectivity index (χ1n) is 13.6. The monoisotopic (exact) mass is 522 g/mol. The van der Waals surface area contributed by atoms with Crippen LogP contribution in [0.15, 0.2) is 12.7 Å². The zero-order valence-electron chi connectivity index (χ0n) is 23.3. The third-order valence-corrected chi connectivity index (χ3v) is 10.2. The second kappa shape index (κ2) is 9.38. The minimum atomic E-state index is -2.20. The van der Waals surface area contributed by atoms with E-state index >= 15 is 0 Å². The molecule has 0 bridgehead atoms. The van der Waals surface area contributed by atoms with Gasteiger partial charge >= 0.3 is 5.97 Å². The average molecular weight is 523 g/mol. The third-order valence-electron chi connectivity index (χ3n) is 10.2. The van der Waals surface area contributed by atoms with Gasteiger partial charge in [-0.15, -0.1) is 6.58 Å². The number of rotatable bonds is 5. The first-order valence-corrected chi connectivity index (χ1v) is 13.6. The van der Waals surface area contributed by atoms with Crippen LogP contribution in [0.1, 0.15) is 60.3 Å². The highest BCUT2D eigenvalue weighted by molar-refractivity contribution is 5.92. The fourth-order valence-electron chi connectivity index (χ4n) is 8.00. The Morgan fingerprint density at radius 2 is 1.78 bits per heavy atom. The van der Waals surface area contributed by atoms with E-state index in [1.165, 1.54) is 13.0 Å². The van der Waals surface area contributed by atoms with E-state index in [0.717, 1.165) is 26.2 Å². The molecule has 2 saturated heterocycles. The summed E-state index contributed by atoms with van der Waals surface area (Å²) < 4.78 is 12.4. The largest absolute Gasteiger partial charge is 0.456 e. The Morgan fingerprint density at radius 3 is 2.38 bits per heavy atom. The average Bonchev–Trinajstić information content (AvgIpc) is 2.82. The predicted molar refractivity (Wildman–Crippen MR) is 138 cm³/mol. The van der Waals surface area contributed by atoms with Gasteiger partial charge in [0.25, 0.3) is 0 Å². The molecule has 9 heteroatoms. The van der Waals surface area contributed by atoms with Gasteiger partial charge < -0.3 is 34.6 Å². The predicted octanol–water partition coefficient (Wildman–Crippen LogP) is 1.14. The number of esters is 1. The third kappa shape index (κ3) is 4.21. The number of ether oxygens (including phenoxy) is 2. The molecule has 2 aliphatic heterocycles. The molecule has 210 valence electrons. The van der Waals surface area contributed by atoms with Gasteiger partial charge in [0, 0.05) is 50.5 Å². The minimum absolute atomic E-state index is 0.113. The summed E-state index contributed by atoms with van der Waals surface area (Å²) in [4.78, 5) is 31.6. The maximum absolute atomic E-state index is 13.9. The number of aliphatic hydroxyl groups is 3. The lowest BCUT2D eigenvalue weighted by Gasteiger charge is -2.71. The fraction of sp³-hybridized carbons (Fsp3) is 0.857. The van der Waals surface area contributed by atoms with Crippen LogP contribution < -0.4 is 0 Å². The molecule has 4 rings (SSSR count). The molecule has 4 fully saturated rings. The van der Waals surface area contributed by atoms with Crippen LogP contribution in [0.4, 0.5) is 0 Å². The van der Waals surface area contributed by atoms with Crippen LogP contribution in [0.25, 0.3) is 0 Å². The smallest absolute Gasteiger partial charge is 0.307 e. The molecule has 3 N–H and O–H groups in total. The number of piperazine rings is 1. The number of fused-ring (bicyclic) bond motifs is 3. The number of Topliss-reactive ketones (excluding diaryl/α,β-unsaturated/α-hetero) is 1. The number of aliphatic hydroxyl groups excluding tert-OH is 2. The van der Waals surface area contributed by atoms with Crippen LogP contribution in [0.5, 0.6) is 0 Å². The summed E-state index contributed by atoms with van der Waals surface area (Å²) in [7, 11) is 2.07. The second-order valence-corrected chi connectivity index (χ2v) is 13.1. The van der Waals surface area contributed by atoms with Crippen molar-refractivity contribution in [3.8, 4) is 0 Å². The maximum atomic E-state index is 13.9. The Kier molecular flexibility index (Phi) is 7.26. The van der Waals surface area contributed by atoms with Crippen LogP contribution in [0.3, 0.4) is 0 Å². The molecule has 37 heavy (non-hydrogen) atoms. The number of likely N-dealkylation sites (N-methyl/N-ethyl adjacent to an activating group) is 1. The first kappa shape index (κ1) is 28.6. The van der Waals surface area contributed by atoms with Gasteiger partial charge in [0.15, 0.2) is 17.5 Å². The van der Waals surface area contributed by atoms with Crippen molar-refractivity contribution in [3.05, 3.63) is 12.7 Å². The van der Waals surface area contributed by atoms with Crippen LogP contribution in [0.2, 0.25) is 0 Å². The van der Waals surface area contributed by atoms with Crippen molar-refractivity contribution < 1.29 is 34.4 Å². The van der Waals surface area contributed by atoms with E-state index in [1.54, 1.807) is 13.8 Å². The lowest BCUT2D eigenvalue weighted by Crippen LogP contribution is -2.86. The van der Waals surface area contributed by atoms with Gasteiger partial charge in [-0.1, -0.05) is 26.8 Å². The number of hydrogen-bond donors (Lipinski definition) is 3. The zero-order valence-corrected chi connectivity index (χ0v) is 23.3. The summed E-state index contributed by atoms with van der Waals surface area (Å²) in [5.74, 6) is -1.75. The molecule has 0 aromatic rings. The molecule has 2 heterocycles. The van der Waals surface area contributed by atoms with Crippen LogP contribution in [-0.2, 0) is 19.1 Å². The van der Waals surface area contributed by atoms with Crippen molar-refractivity contribution >= 4 is 11.8 Å². The molecule has 4 unspecified atom stereocenters. The molecule has 0 aromatic carbocycles. The normalized spacial score (nSPS) is 46.6. The van der Waals surface area contributed by atoms with Gasteiger partial charge in [0.05, 0.1) is 24.2 Å². The highest BCUT2D eigenvalue weighted by atomic mass is 16.6. The van der Waals surface area contributed by atoms with Crippen molar-refractivity contribution in [1.29, 1.82) is 0 Å². The Hall–Kier alpha value is -1.36. The van der Waals surface area contributed by atoms with Crippen molar-refractivity contribution in [2.24, 2.45) is 16.7 Å². The summed E-state index contributed by atoms with van der Waals surface area (Å²) >= 11 is 0. The van der Waals surface area contributed by atoms with Gasteiger partial charge in [0.2, 0.25) is 0 Å².